The third kappa shape index (κ3) is 3.26. The van der Waals surface area contributed by atoms with Crippen LogP contribution in [0.25, 0.3) is 0 Å². The Labute approximate surface area is 164 Å². The lowest BCUT2D eigenvalue weighted by Gasteiger charge is -2.39. The van der Waals surface area contributed by atoms with Crippen molar-refractivity contribution in [3.63, 3.8) is 0 Å². The van der Waals surface area contributed by atoms with Crippen molar-refractivity contribution in [3.8, 4) is 0 Å². The van der Waals surface area contributed by atoms with Crippen molar-refractivity contribution in [2.45, 2.75) is 32.0 Å². The van der Waals surface area contributed by atoms with Crippen molar-refractivity contribution in [1.29, 1.82) is 0 Å². The van der Waals surface area contributed by atoms with E-state index in [0.29, 0.717) is 19.5 Å². The van der Waals surface area contributed by atoms with E-state index in [-0.39, 0.29) is 24.4 Å². The first-order chi connectivity index (χ1) is 13.6. The van der Waals surface area contributed by atoms with Gasteiger partial charge in [-0.15, -0.1) is 0 Å². The number of carbonyl (C=O) groups is 3. The van der Waals surface area contributed by atoms with E-state index in [9.17, 15) is 14.4 Å². The van der Waals surface area contributed by atoms with Gasteiger partial charge >= 0.3 is 6.03 Å². The van der Waals surface area contributed by atoms with Crippen LogP contribution >= 0.6 is 0 Å². The predicted molar refractivity (Wildman–Crippen MR) is 104 cm³/mol. The Kier molecular flexibility index (Phi) is 4.86. The number of amides is 4. The zero-order valence-corrected chi connectivity index (χ0v) is 15.8. The zero-order chi connectivity index (χ0) is 19.7. The molecule has 0 aromatic heterocycles. The first kappa shape index (κ1) is 18.2. The second-order valence-electron chi connectivity index (χ2n) is 7.31. The number of carbonyl (C=O) groups excluding carboxylic acids is 3. The van der Waals surface area contributed by atoms with Crippen LogP contribution in [0.5, 0.6) is 0 Å². The number of benzene rings is 2. The molecule has 6 nitrogen and oxygen atoms in total. The van der Waals surface area contributed by atoms with Crippen molar-refractivity contribution >= 4 is 17.8 Å². The van der Waals surface area contributed by atoms with Crippen LogP contribution in [0, 0.1) is 0 Å². The third-order valence-electron chi connectivity index (χ3n) is 5.50. The van der Waals surface area contributed by atoms with Crippen LogP contribution < -0.4 is 0 Å². The van der Waals surface area contributed by atoms with Gasteiger partial charge in [0.05, 0.1) is 6.54 Å². The maximum Gasteiger partial charge on any atom is 0.328 e. The van der Waals surface area contributed by atoms with Gasteiger partial charge in [0.1, 0.15) is 12.1 Å². The van der Waals surface area contributed by atoms with Gasteiger partial charge in [0, 0.05) is 13.1 Å². The third-order valence-corrected chi connectivity index (χ3v) is 5.50. The molecule has 0 spiro atoms. The van der Waals surface area contributed by atoms with Crippen molar-refractivity contribution in [2.24, 2.45) is 0 Å². The van der Waals surface area contributed by atoms with E-state index >= 15 is 0 Å². The molecule has 2 aliphatic heterocycles. The SMILES string of the molecule is C[C@H]1C(=O)N(Cc2ccccc2)C[C@H]2C(=O)N(CCc3ccccc3)C(=O)N12. The van der Waals surface area contributed by atoms with Crippen LogP contribution in [0.1, 0.15) is 18.1 Å². The lowest BCUT2D eigenvalue weighted by atomic mass is 10.1. The molecule has 2 heterocycles. The highest BCUT2D eigenvalue weighted by Gasteiger charge is 2.52. The molecule has 0 N–H and O–H groups in total. The van der Waals surface area contributed by atoms with Crippen LogP contribution in [0.2, 0.25) is 0 Å². The molecule has 0 saturated carbocycles. The van der Waals surface area contributed by atoms with Gasteiger partial charge in [0.25, 0.3) is 5.91 Å². The lowest BCUT2D eigenvalue weighted by molar-refractivity contribution is -0.144. The average molecular weight is 377 g/mol. The maximum absolute atomic E-state index is 12.9. The van der Waals surface area contributed by atoms with E-state index in [0.717, 1.165) is 11.1 Å². The Morgan fingerprint density at radius 3 is 2.11 bits per heavy atom. The summed E-state index contributed by atoms with van der Waals surface area (Å²) in [5, 5.41) is 0. The minimum Gasteiger partial charge on any atom is -0.334 e. The minimum absolute atomic E-state index is 0.119. The van der Waals surface area contributed by atoms with Crippen LogP contribution in [-0.4, -0.2) is 57.7 Å². The summed E-state index contributed by atoms with van der Waals surface area (Å²) in [6.07, 6.45) is 0.606. The molecule has 2 atom stereocenters. The number of hydrogen-bond donors (Lipinski definition) is 0. The molecule has 4 amide bonds. The summed E-state index contributed by atoms with van der Waals surface area (Å²) < 4.78 is 0. The second-order valence-corrected chi connectivity index (χ2v) is 7.31. The Hall–Kier alpha value is -3.15. The van der Waals surface area contributed by atoms with E-state index in [1.54, 1.807) is 11.8 Å². The topological polar surface area (TPSA) is 60.9 Å². The smallest absolute Gasteiger partial charge is 0.328 e. The Morgan fingerprint density at radius 1 is 0.857 bits per heavy atom. The highest BCUT2D eigenvalue weighted by atomic mass is 16.2. The van der Waals surface area contributed by atoms with Crippen LogP contribution in [-0.2, 0) is 22.6 Å². The zero-order valence-electron chi connectivity index (χ0n) is 15.8. The maximum atomic E-state index is 12.9. The molecule has 0 unspecified atom stereocenters. The molecule has 2 aliphatic rings. The molecule has 6 heteroatoms. The predicted octanol–water partition coefficient (Wildman–Crippen LogP) is 2.29. The Balaban J connectivity index is 1.49. The number of hydrogen-bond acceptors (Lipinski definition) is 3. The van der Waals surface area contributed by atoms with Crippen LogP contribution in [0.4, 0.5) is 4.79 Å². The van der Waals surface area contributed by atoms with Gasteiger partial charge in [-0.1, -0.05) is 60.7 Å². The minimum atomic E-state index is -0.638. The highest BCUT2D eigenvalue weighted by molar-refractivity contribution is 6.07. The van der Waals surface area contributed by atoms with E-state index in [1.165, 1.54) is 9.80 Å². The quantitative estimate of drug-likeness (QED) is 0.751. The fourth-order valence-corrected chi connectivity index (χ4v) is 3.99. The van der Waals surface area contributed by atoms with Gasteiger partial charge in [-0.25, -0.2) is 4.79 Å². The average Bonchev–Trinajstić information content (AvgIpc) is 2.95. The summed E-state index contributed by atoms with van der Waals surface area (Å²) in [5.41, 5.74) is 2.08. The summed E-state index contributed by atoms with van der Waals surface area (Å²) in [7, 11) is 0. The summed E-state index contributed by atoms with van der Waals surface area (Å²) in [6, 6.07) is 17.9. The van der Waals surface area contributed by atoms with E-state index in [2.05, 4.69) is 0 Å². The van der Waals surface area contributed by atoms with E-state index in [4.69, 9.17) is 0 Å². The summed E-state index contributed by atoms with van der Waals surface area (Å²) >= 11 is 0. The lowest BCUT2D eigenvalue weighted by Crippen LogP contribution is -2.60. The number of imide groups is 1. The number of nitrogens with zero attached hydrogens (tertiary/aromatic N) is 3. The molecule has 144 valence electrons. The fraction of sp³-hybridized carbons (Fsp3) is 0.318. The van der Waals surface area contributed by atoms with Gasteiger partial charge < -0.3 is 4.90 Å². The van der Waals surface area contributed by atoms with Crippen molar-refractivity contribution in [2.75, 3.05) is 13.1 Å². The molecule has 0 aliphatic carbocycles. The molecular weight excluding hydrogens is 354 g/mol. The van der Waals surface area contributed by atoms with Crippen molar-refractivity contribution < 1.29 is 14.4 Å². The second kappa shape index (κ2) is 7.46. The van der Waals surface area contributed by atoms with Crippen molar-refractivity contribution in [3.05, 3.63) is 71.8 Å². The Bertz CT molecular complexity index is 884. The summed E-state index contributed by atoms with van der Waals surface area (Å²) in [4.78, 5) is 43.1. The van der Waals surface area contributed by atoms with Crippen molar-refractivity contribution in [1.82, 2.24) is 14.7 Å². The van der Waals surface area contributed by atoms with Gasteiger partial charge in [0.2, 0.25) is 5.91 Å². The molecule has 4 rings (SSSR count). The molecule has 2 aromatic carbocycles. The van der Waals surface area contributed by atoms with Gasteiger partial charge in [-0.05, 0) is 24.5 Å². The molecule has 28 heavy (non-hydrogen) atoms. The number of fused-ring (bicyclic) bond motifs is 1. The van der Waals surface area contributed by atoms with Crippen LogP contribution in [0.3, 0.4) is 0 Å². The van der Waals surface area contributed by atoms with Gasteiger partial charge in [-0.3, -0.25) is 19.4 Å². The highest BCUT2D eigenvalue weighted by Crippen LogP contribution is 2.27. The molecule has 2 aromatic rings. The first-order valence-electron chi connectivity index (χ1n) is 9.56. The molecular formula is C22H23N3O3. The monoisotopic (exact) mass is 377 g/mol. The van der Waals surface area contributed by atoms with Crippen LogP contribution in [0.15, 0.2) is 60.7 Å². The molecule has 0 bridgehead atoms. The largest absolute Gasteiger partial charge is 0.334 e. The summed E-state index contributed by atoms with van der Waals surface area (Å²) in [5.74, 6) is -0.329. The normalized spacial score (nSPS) is 22.0. The summed E-state index contributed by atoms with van der Waals surface area (Å²) in [6.45, 7) is 2.72. The van der Waals surface area contributed by atoms with Gasteiger partial charge in [-0.2, -0.15) is 0 Å². The van der Waals surface area contributed by atoms with E-state index in [1.807, 2.05) is 60.7 Å². The number of piperazine rings is 1. The number of rotatable bonds is 5. The first-order valence-corrected chi connectivity index (χ1v) is 9.56. The molecule has 0 radical (unpaired) electrons. The van der Waals surface area contributed by atoms with Gasteiger partial charge in [0.15, 0.2) is 0 Å². The number of urea groups is 1. The van der Waals surface area contributed by atoms with E-state index < -0.39 is 12.1 Å². The standard InChI is InChI=1S/C22H23N3O3/c1-16-20(26)23(14-18-10-6-3-7-11-18)15-19-21(27)24(22(28)25(16)19)13-12-17-8-4-2-5-9-17/h2-11,16,19H,12-15H2,1H3/t16-,19-/m0/s1. The fourth-order valence-electron chi connectivity index (χ4n) is 3.99. The molecule has 2 saturated heterocycles. The molecule has 2 fully saturated rings. The Morgan fingerprint density at radius 2 is 1.46 bits per heavy atom.